The molecule has 2 aromatic rings. The van der Waals surface area contributed by atoms with Crippen molar-refractivity contribution in [3.05, 3.63) is 11.5 Å². The summed E-state index contributed by atoms with van der Waals surface area (Å²) in [6.07, 6.45) is 3.97. The molecule has 0 aliphatic carbocycles. The Balaban J connectivity index is 2.10. The third kappa shape index (κ3) is 3.18. The maximum Gasteiger partial charge on any atom is 0.243 e. The number of anilines is 1. The summed E-state index contributed by atoms with van der Waals surface area (Å²) in [5.74, 6) is -0.207. The third-order valence-electron chi connectivity index (χ3n) is 2.68. The Labute approximate surface area is 115 Å². The number of nitrogens with zero attached hydrogens (tertiary/aromatic N) is 3. The second kappa shape index (κ2) is 5.94. The summed E-state index contributed by atoms with van der Waals surface area (Å²) in [4.78, 5) is 26.6. The molecule has 0 spiro atoms. The van der Waals surface area contributed by atoms with Crippen molar-refractivity contribution in [3.63, 3.8) is 0 Å². The summed E-state index contributed by atoms with van der Waals surface area (Å²) in [6, 6.07) is -0.572. The van der Waals surface area contributed by atoms with E-state index in [1.807, 2.05) is 6.92 Å². The van der Waals surface area contributed by atoms with Crippen LogP contribution >= 0.6 is 11.6 Å². The summed E-state index contributed by atoms with van der Waals surface area (Å²) in [6.45, 7) is 2.04. The molecule has 102 valence electrons. The topological polar surface area (TPSA) is 110 Å². The first-order valence-corrected chi connectivity index (χ1v) is 6.42. The van der Waals surface area contributed by atoms with Gasteiger partial charge in [0.1, 0.15) is 5.52 Å². The van der Waals surface area contributed by atoms with Crippen LogP contribution in [0.15, 0.2) is 6.33 Å². The minimum Gasteiger partial charge on any atom is -0.341 e. The van der Waals surface area contributed by atoms with E-state index in [9.17, 15) is 4.79 Å². The molecule has 2 aromatic heterocycles. The molecule has 0 saturated heterocycles. The minimum atomic E-state index is -0.572. The first-order valence-electron chi connectivity index (χ1n) is 6.05. The molecule has 0 bridgehead atoms. The molecular formula is C11H15ClN6O. The van der Waals surface area contributed by atoms with E-state index in [4.69, 9.17) is 17.3 Å². The number of rotatable bonds is 5. The first kappa shape index (κ1) is 13.7. The van der Waals surface area contributed by atoms with E-state index in [1.54, 1.807) is 0 Å². The lowest BCUT2D eigenvalue weighted by molar-refractivity contribution is -0.117. The number of hydrogen-bond donors (Lipinski definition) is 3. The Hall–Kier alpha value is -1.73. The fraction of sp³-hybridized carbons (Fsp3) is 0.455. The fourth-order valence-corrected chi connectivity index (χ4v) is 1.83. The van der Waals surface area contributed by atoms with Gasteiger partial charge in [-0.2, -0.15) is 9.97 Å². The van der Waals surface area contributed by atoms with Crippen LogP contribution in [0.3, 0.4) is 0 Å². The third-order valence-corrected chi connectivity index (χ3v) is 2.96. The summed E-state index contributed by atoms with van der Waals surface area (Å²) in [7, 11) is 0. The Morgan fingerprint density at radius 3 is 3.11 bits per heavy atom. The summed E-state index contributed by atoms with van der Waals surface area (Å²) in [5, 5.41) is 2.76. The molecule has 7 nitrogen and oxygen atoms in total. The quantitative estimate of drug-likeness (QED) is 0.719. The smallest absolute Gasteiger partial charge is 0.243 e. The van der Waals surface area contributed by atoms with Gasteiger partial charge in [0.15, 0.2) is 10.8 Å². The molecule has 2 rings (SSSR count). The molecule has 0 fully saturated rings. The van der Waals surface area contributed by atoms with E-state index in [-0.39, 0.29) is 17.0 Å². The lowest BCUT2D eigenvalue weighted by Crippen LogP contribution is -2.36. The number of fused-ring (bicyclic) bond motifs is 1. The number of nitrogens with one attached hydrogen (secondary N) is 2. The van der Waals surface area contributed by atoms with Gasteiger partial charge in [-0.3, -0.25) is 10.1 Å². The van der Waals surface area contributed by atoms with Gasteiger partial charge >= 0.3 is 0 Å². The largest absolute Gasteiger partial charge is 0.341 e. The zero-order chi connectivity index (χ0) is 13.8. The van der Waals surface area contributed by atoms with Gasteiger partial charge in [0, 0.05) is 0 Å². The van der Waals surface area contributed by atoms with Gasteiger partial charge in [-0.15, -0.1) is 0 Å². The number of carbonyl (C=O) groups is 1. The second-order valence-electron chi connectivity index (χ2n) is 4.18. The van der Waals surface area contributed by atoms with Crippen LogP contribution in [0.1, 0.15) is 26.2 Å². The van der Waals surface area contributed by atoms with Gasteiger partial charge < -0.3 is 10.7 Å². The number of nitrogens with two attached hydrogens (primary N) is 1. The molecule has 1 amide bonds. The minimum absolute atomic E-state index is 0.113. The van der Waals surface area contributed by atoms with Crippen LogP contribution < -0.4 is 11.1 Å². The van der Waals surface area contributed by atoms with Crippen LogP contribution in [0.5, 0.6) is 0 Å². The lowest BCUT2D eigenvalue weighted by Gasteiger charge is -2.10. The van der Waals surface area contributed by atoms with Crippen LogP contribution in [0.4, 0.5) is 5.95 Å². The van der Waals surface area contributed by atoms with Gasteiger partial charge in [-0.05, 0) is 6.42 Å². The van der Waals surface area contributed by atoms with E-state index in [0.717, 1.165) is 12.8 Å². The van der Waals surface area contributed by atoms with E-state index in [2.05, 4.69) is 25.3 Å². The monoisotopic (exact) mass is 282 g/mol. The number of carbonyl (C=O) groups excluding carboxylic acids is 1. The molecule has 0 saturated carbocycles. The molecule has 1 atom stereocenters. The Morgan fingerprint density at radius 1 is 1.58 bits per heavy atom. The highest BCUT2D eigenvalue weighted by molar-refractivity contribution is 6.33. The summed E-state index contributed by atoms with van der Waals surface area (Å²) >= 11 is 5.95. The molecule has 0 aliphatic heterocycles. The molecular weight excluding hydrogens is 268 g/mol. The van der Waals surface area contributed by atoms with Gasteiger partial charge in [-0.1, -0.05) is 31.4 Å². The zero-order valence-corrected chi connectivity index (χ0v) is 11.2. The lowest BCUT2D eigenvalue weighted by atomic mass is 10.1. The standard InChI is InChI=1S/C11H15ClN6O/c1-2-3-4-6(13)10(19)18-11-16-8(12)7-9(17-11)15-5-14-7/h5-6H,2-4,13H2,1H3,(H2,14,15,16,17,18,19). The SMILES string of the molecule is CCCCC(N)C(=O)Nc1nc(Cl)c2[nH]cnc2n1. The van der Waals surface area contributed by atoms with E-state index in [0.29, 0.717) is 17.6 Å². The summed E-state index contributed by atoms with van der Waals surface area (Å²) < 4.78 is 0. The van der Waals surface area contributed by atoms with Crippen LogP contribution in [-0.4, -0.2) is 31.9 Å². The number of H-pyrrole nitrogens is 1. The molecule has 19 heavy (non-hydrogen) atoms. The van der Waals surface area contributed by atoms with Crippen molar-refractivity contribution in [2.75, 3.05) is 5.32 Å². The first-order chi connectivity index (χ1) is 9.11. The zero-order valence-electron chi connectivity index (χ0n) is 10.5. The van der Waals surface area contributed by atoms with Crippen molar-refractivity contribution in [1.29, 1.82) is 0 Å². The number of imidazole rings is 1. The van der Waals surface area contributed by atoms with E-state index in [1.165, 1.54) is 6.33 Å². The van der Waals surface area contributed by atoms with Crippen LogP contribution in [-0.2, 0) is 4.79 Å². The normalized spacial score (nSPS) is 12.6. The predicted octanol–water partition coefficient (Wildman–Crippen LogP) is 1.46. The van der Waals surface area contributed by atoms with Gasteiger partial charge in [-0.25, -0.2) is 4.98 Å². The van der Waals surface area contributed by atoms with E-state index < -0.39 is 6.04 Å². The fourth-order valence-electron chi connectivity index (χ4n) is 1.61. The average Bonchev–Trinajstić information content (AvgIpc) is 2.84. The molecule has 8 heteroatoms. The number of aromatic amines is 1. The second-order valence-corrected chi connectivity index (χ2v) is 4.54. The average molecular weight is 283 g/mol. The molecule has 4 N–H and O–H groups in total. The number of unbranched alkanes of at least 4 members (excludes halogenated alkanes) is 1. The predicted molar refractivity (Wildman–Crippen MR) is 72.8 cm³/mol. The number of amides is 1. The Morgan fingerprint density at radius 2 is 2.37 bits per heavy atom. The molecule has 0 radical (unpaired) electrons. The Bertz CT molecular complexity index is 584. The molecule has 0 aliphatic rings. The Kier molecular flexibility index (Phi) is 4.28. The highest BCUT2D eigenvalue weighted by atomic mass is 35.5. The highest BCUT2D eigenvalue weighted by Crippen LogP contribution is 2.18. The maximum absolute atomic E-state index is 11.8. The summed E-state index contributed by atoms with van der Waals surface area (Å²) in [5.41, 5.74) is 6.70. The van der Waals surface area contributed by atoms with Crippen molar-refractivity contribution in [1.82, 2.24) is 19.9 Å². The number of halogens is 1. The maximum atomic E-state index is 11.8. The number of hydrogen-bond acceptors (Lipinski definition) is 5. The van der Waals surface area contributed by atoms with Gasteiger partial charge in [0.05, 0.1) is 12.4 Å². The van der Waals surface area contributed by atoms with Gasteiger partial charge in [0.2, 0.25) is 11.9 Å². The van der Waals surface area contributed by atoms with Crippen molar-refractivity contribution < 1.29 is 4.79 Å². The molecule has 2 heterocycles. The van der Waals surface area contributed by atoms with Crippen molar-refractivity contribution in [3.8, 4) is 0 Å². The van der Waals surface area contributed by atoms with Crippen LogP contribution in [0.2, 0.25) is 5.15 Å². The van der Waals surface area contributed by atoms with Crippen LogP contribution in [0, 0.1) is 0 Å². The van der Waals surface area contributed by atoms with E-state index >= 15 is 0 Å². The van der Waals surface area contributed by atoms with Crippen LogP contribution in [0.25, 0.3) is 11.2 Å². The van der Waals surface area contributed by atoms with Crippen molar-refractivity contribution >= 4 is 34.6 Å². The highest BCUT2D eigenvalue weighted by Gasteiger charge is 2.15. The molecule has 1 unspecified atom stereocenters. The molecule has 0 aromatic carbocycles. The van der Waals surface area contributed by atoms with Crippen molar-refractivity contribution in [2.24, 2.45) is 5.73 Å². The van der Waals surface area contributed by atoms with Crippen molar-refractivity contribution in [2.45, 2.75) is 32.2 Å². The van der Waals surface area contributed by atoms with Gasteiger partial charge in [0.25, 0.3) is 0 Å². The number of aromatic nitrogens is 4.